The van der Waals surface area contributed by atoms with Crippen molar-refractivity contribution in [1.82, 2.24) is 10.3 Å². The summed E-state index contributed by atoms with van der Waals surface area (Å²) in [4.78, 5) is 26.3. The van der Waals surface area contributed by atoms with Crippen LogP contribution < -0.4 is 5.32 Å². The fraction of sp³-hybridized carbons (Fsp3) is 0.375. The van der Waals surface area contributed by atoms with Crippen molar-refractivity contribution >= 4 is 22.8 Å². The number of alkyl halides is 3. The molecule has 1 aromatic heterocycles. The first-order valence-electron chi connectivity index (χ1n) is 7.32. The fourth-order valence-electron chi connectivity index (χ4n) is 3.03. The molecule has 2 atom stereocenters. The number of benzene rings is 1. The molecule has 5 nitrogen and oxygen atoms in total. The number of aromatic amines is 1. The lowest BCUT2D eigenvalue weighted by Crippen LogP contribution is -2.39. The van der Waals surface area contributed by atoms with Crippen molar-refractivity contribution in [3.63, 3.8) is 0 Å². The summed E-state index contributed by atoms with van der Waals surface area (Å²) >= 11 is 0. The number of halogens is 3. The third-order valence-electron chi connectivity index (χ3n) is 4.40. The zero-order valence-electron chi connectivity index (χ0n) is 12.7. The van der Waals surface area contributed by atoms with Crippen molar-refractivity contribution in [3.05, 3.63) is 35.5 Å². The number of fused-ring (bicyclic) bond motifs is 1. The van der Waals surface area contributed by atoms with Crippen LogP contribution in [0, 0.1) is 5.92 Å². The molecule has 0 spiro atoms. The first-order valence-corrected chi connectivity index (χ1v) is 7.32. The lowest BCUT2D eigenvalue weighted by molar-refractivity contribution is -0.152. The Hall–Kier alpha value is -2.51. The highest BCUT2D eigenvalue weighted by Gasteiger charge is 2.65. The summed E-state index contributed by atoms with van der Waals surface area (Å²) in [6, 6.07) is 6.76. The van der Waals surface area contributed by atoms with Gasteiger partial charge < -0.3 is 15.4 Å². The number of carbonyl (C=O) groups is 2. The summed E-state index contributed by atoms with van der Waals surface area (Å²) < 4.78 is 38.3. The Morgan fingerprint density at radius 1 is 1.38 bits per heavy atom. The molecule has 2 aromatic rings. The number of rotatable bonds is 4. The van der Waals surface area contributed by atoms with E-state index >= 15 is 0 Å². The number of carboxylic acids is 1. The largest absolute Gasteiger partial charge is 0.481 e. The third-order valence-corrected chi connectivity index (χ3v) is 4.40. The lowest BCUT2D eigenvalue weighted by Gasteiger charge is -2.15. The average molecular weight is 340 g/mol. The van der Waals surface area contributed by atoms with E-state index < -0.39 is 35.9 Å². The second-order valence-corrected chi connectivity index (χ2v) is 6.26. The van der Waals surface area contributed by atoms with Crippen LogP contribution in [-0.2, 0) is 11.2 Å². The van der Waals surface area contributed by atoms with Gasteiger partial charge in [-0.2, -0.15) is 13.2 Å². The van der Waals surface area contributed by atoms with Crippen LogP contribution in [-0.4, -0.2) is 33.7 Å². The molecule has 8 heteroatoms. The van der Waals surface area contributed by atoms with E-state index in [0.29, 0.717) is 10.9 Å². The van der Waals surface area contributed by atoms with Gasteiger partial charge in [-0.3, -0.25) is 9.59 Å². The predicted molar refractivity (Wildman–Crippen MR) is 79.7 cm³/mol. The minimum absolute atomic E-state index is 0.00681. The monoisotopic (exact) mass is 340 g/mol. The maximum Gasteiger partial charge on any atom is 0.394 e. The maximum absolute atomic E-state index is 12.8. The van der Waals surface area contributed by atoms with E-state index in [4.69, 9.17) is 5.11 Å². The maximum atomic E-state index is 12.8. The number of amides is 1. The molecule has 0 bridgehead atoms. The average Bonchev–Trinajstić information content (AvgIpc) is 3.01. The van der Waals surface area contributed by atoms with Gasteiger partial charge in [0.25, 0.3) is 5.91 Å². The molecule has 1 aromatic carbocycles. The van der Waals surface area contributed by atoms with Crippen molar-refractivity contribution in [2.24, 2.45) is 5.92 Å². The molecule has 0 saturated heterocycles. The van der Waals surface area contributed by atoms with E-state index in [1.54, 1.807) is 24.3 Å². The van der Waals surface area contributed by atoms with Gasteiger partial charge >= 0.3 is 12.1 Å². The molecule has 2 unspecified atom stereocenters. The van der Waals surface area contributed by atoms with Crippen LogP contribution in [0.2, 0.25) is 0 Å². The van der Waals surface area contributed by atoms with E-state index in [1.165, 1.54) is 6.92 Å². The van der Waals surface area contributed by atoms with Gasteiger partial charge in [0.15, 0.2) is 0 Å². The highest BCUT2D eigenvalue weighted by molar-refractivity contribution is 6.03. The van der Waals surface area contributed by atoms with Gasteiger partial charge in [-0.25, -0.2) is 0 Å². The van der Waals surface area contributed by atoms with Crippen LogP contribution in [0.4, 0.5) is 13.2 Å². The van der Waals surface area contributed by atoms with Crippen LogP contribution in [0.1, 0.15) is 29.4 Å². The number of aromatic nitrogens is 1. The Labute approximate surface area is 134 Å². The highest BCUT2D eigenvalue weighted by atomic mass is 19.4. The van der Waals surface area contributed by atoms with Gasteiger partial charge in [0.1, 0.15) is 5.69 Å². The van der Waals surface area contributed by atoms with Crippen LogP contribution in [0.3, 0.4) is 0 Å². The summed E-state index contributed by atoms with van der Waals surface area (Å²) in [6.45, 7) is 1.34. The highest BCUT2D eigenvalue weighted by Crippen LogP contribution is 2.53. The van der Waals surface area contributed by atoms with Crippen molar-refractivity contribution in [2.75, 3.05) is 0 Å². The molecule has 1 amide bonds. The molecular formula is C16H15F3N2O3. The standard InChI is InChI=1S/C16H15F3N2O3/c1-15(7-11(15)16(17,18)19)21-14(24)13-9(6-12(22)23)8-4-2-3-5-10(8)20-13/h2-5,11,20H,6-7H2,1H3,(H,21,24)(H,22,23). The molecular weight excluding hydrogens is 325 g/mol. The van der Waals surface area contributed by atoms with E-state index in [1.807, 2.05) is 0 Å². The normalized spacial score (nSPS) is 23.2. The quantitative estimate of drug-likeness (QED) is 0.800. The van der Waals surface area contributed by atoms with Gasteiger partial charge in [-0.05, 0) is 19.4 Å². The van der Waals surface area contributed by atoms with E-state index in [9.17, 15) is 22.8 Å². The Morgan fingerprint density at radius 3 is 2.62 bits per heavy atom. The predicted octanol–water partition coefficient (Wildman–Crippen LogP) is 2.87. The first kappa shape index (κ1) is 16.4. The number of H-pyrrole nitrogens is 1. The summed E-state index contributed by atoms with van der Waals surface area (Å²) in [5.41, 5.74) is -0.532. The van der Waals surface area contributed by atoms with Crippen molar-refractivity contribution in [1.29, 1.82) is 0 Å². The van der Waals surface area contributed by atoms with Crippen molar-refractivity contribution < 1.29 is 27.9 Å². The third kappa shape index (κ3) is 2.83. The molecule has 3 N–H and O–H groups in total. The van der Waals surface area contributed by atoms with Gasteiger partial charge in [-0.15, -0.1) is 0 Å². The molecule has 3 rings (SSSR count). The topological polar surface area (TPSA) is 82.2 Å². The Morgan fingerprint density at radius 2 is 2.04 bits per heavy atom. The number of nitrogens with one attached hydrogen (secondary N) is 2. The van der Waals surface area contributed by atoms with Gasteiger partial charge in [-0.1, -0.05) is 18.2 Å². The number of para-hydroxylation sites is 1. The lowest BCUT2D eigenvalue weighted by atomic mass is 10.1. The Bertz CT molecular complexity index is 828. The van der Waals surface area contributed by atoms with E-state index in [0.717, 1.165) is 0 Å². The number of carbonyl (C=O) groups excluding carboxylic acids is 1. The van der Waals surface area contributed by atoms with Crippen molar-refractivity contribution in [3.8, 4) is 0 Å². The SMILES string of the molecule is CC1(NC(=O)c2[nH]c3ccccc3c2CC(=O)O)CC1C(F)(F)F. The molecule has 0 radical (unpaired) electrons. The number of aliphatic carboxylic acids is 1. The van der Waals surface area contributed by atoms with Crippen LogP contribution in [0.15, 0.2) is 24.3 Å². The molecule has 1 fully saturated rings. The molecule has 0 aliphatic heterocycles. The van der Waals surface area contributed by atoms with Crippen LogP contribution >= 0.6 is 0 Å². The number of hydrogen-bond acceptors (Lipinski definition) is 2. The Balaban J connectivity index is 1.92. The summed E-state index contributed by atoms with van der Waals surface area (Å²) in [7, 11) is 0. The van der Waals surface area contributed by atoms with E-state index in [-0.39, 0.29) is 17.7 Å². The zero-order chi connectivity index (χ0) is 17.7. The van der Waals surface area contributed by atoms with Gasteiger partial charge in [0, 0.05) is 22.0 Å². The Kier molecular flexibility index (Phi) is 3.58. The van der Waals surface area contributed by atoms with Gasteiger partial charge in [0.2, 0.25) is 0 Å². The molecule has 1 saturated carbocycles. The minimum Gasteiger partial charge on any atom is -0.481 e. The number of carboxylic acid groups (broad SMARTS) is 1. The van der Waals surface area contributed by atoms with E-state index in [2.05, 4.69) is 10.3 Å². The van der Waals surface area contributed by atoms with Crippen molar-refractivity contribution in [2.45, 2.75) is 31.5 Å². The van der Waals surface area contributed by atoms with Crippen LogP contribution in [0.25, 0.3) is 10.9 Å². The van der Waals surface area contributed by atoms with Crippen LogP contribution in [0.5, 0.6) is 0 Å². The summed E-state index contributed by atoms with van der Waals surface area (Å²) in [5.74, 6) is -3.43. The molecule has 1 heterocycles. The molecule has 128 valence electrons. The first-order chi connectivity index (χ1) is 11.1. The molecule has 24 heavy (non-hydrogen) atoms. The molecule has 1 aliphatic carbocycles. The zero-order valence-corrected chi connectivity index (χ0v) is 12.7. The number of hydrogen-bond donors (Lipinski definition) is 3. The second-order valence-electron chi connectivity index (χ2n) is 6.26. The summed E-state index contributed by atoms with van der Waals surface area (Å²) in [6.07, 6.45) is -4.95. The van der Waals surface area contributed by atoms with Gasteiger partial charge in [0.05, 0.1) is 12.3 Å². The molecule has 1 aliphatic rings. The smallest absolute Gasteiger partial charge is 0.394 e. The minimum atomic E-state index is -4.37. The fourth-order valence-corrected chi connectivity index (χ4v) is 3.03. The second kappa shape index (κ2) is 5.25. The summed E-state index contributed by atoms with van der Waals surface area (Å²) in [5, 5.41) is 12.0.